The first-order valence-electron chi connectivity index (χ1n) is 9.24. The third-order valence-electron chi connectivity index (χ3n) is 4.80. The topological polar surface area (TPSA) is 102 Å². The second kappa shape index (κ2) is 8.04. The van der Waals surface area contributed by atoms with Crippen LogP contribution in [0.3, 0.4) is 0 Å². The minimum atomic E-state index is -4.01. The van der Waals surface area contributed by atoms with E-state index in [-0.39, 0.29) is 33.8 Å². The number of halogens is 1. The summed E-state index contributed by atoms with van der Waals surface area (Å²) >= 11 is 5.88. The fraction of sp³-hybridized carbons (Fsp3) is 0.190. The van der Waals surface area contributed by atoms with E-state index in [4.69, 9.17) is 16.0 Å². The van der Waals surface area contributed by atoms with Crippen LogP contribution in [0.4, 0.5) is 5.69 Å². The highest BCUT2D eigenvalue weighted by atomic mass is 35.5. The van der Waals surface area contributed by atoms with Gasteiger partial charge in [-0.1, -0.05) is 41.4 Å². The molecule has 30 heavy (non-hydrogen) atoms. The lowest BCUT2D eigenvalue weighted by atomic mass is 9.92. The number of anilines is 1. The van der Waals surface area contributed by atoms with E-state index in [1.807, 2.05) is 31.2 Å². The maximum atomic E-state index is 12.8. The molecule has 0 spiro atoms. The number of hydrogen-bond acceptors (Lipinski definition) is 6. The van der Waals surface area contributed by atoms with Crippen molar-refractivity contribution in [2.75, 3.05) is 5.32 Å². The first-order valence-corrected chi connectivity index (χ1v) is 11.1. The molecule has 1 atom stereocenters. The van der Waals surface area contributed by atoms with Gasteiger partial charge >= 0.3 is 0 Å². The number of benzene rings is 2. The number of hydrogen-bond donors (Lipinski definition) is 1. The van der Waals surface area contributed by atoms with Crippen molar-refractivity contribution in [1.29, 1.82) is 0 Å². The van der Waals surface area contributed by atoms with E-state index >= 15 is 0 Å². The summed E-state index contributed by atoms with van der Waals surface area (Å²) < 4.78 is 34.1. The molecule has 0 saturated carbocycles. The van der Waals surface area contributed by atoms with E-state index in [2.05, 4.69) is 14.7 Å². The summed E-state index contributed by atoms with van der Waals surface area (Å²) in [4.78, 5) is 17.0. The van der Waals surface area contributed by atoms with Gasteiger partial charge in [0.1, 0.15) is 11.2 Å². The summed E-state index contributed by atoms with van der Waals surface area (Å²) in [5.41, 5.74) is 2.33. The first-order chi connectivity index (χ1) is 14.3. The van der Waals surface area contributed by atoms with Crippen LogP contribution in [0.1, 0.15) is 35.8 Å². The van der Waals surface area contributed by atoms with Gasteiger partial charge in [0.25, 0.3) is 10.0 Å². The van der Waals surface area contributed by atoms with Crippen LogP contribution in [0, 0.1) is 6.92 Å². The normalized spacial score (nSPS) is 15.6. The number of sulfonamides is 1. The molecule has 1 aliphatic rings. The van der Waals surface area contributed by atoms with Gasteiger partial charge in [-0.05, 0) is 37.1 Å². The number of fused-ring (bicyclic) bond motifs is 1. The van der Waals surface area contributed by atoms with Gasteiger partial charge in [-0.15, -0.1) is 4.40 Å². The maximum absolute atomic E-state index is 12.8. The summed E-state index contributed by atoms with van der Waals surface area (Å²) in [6, 6.07) is 12.3. The van der Waals surface area contributed by atoms with Crippen LogP contribution in [0.5, 0.6) is 0 Å². The van der Waals surface area contributed by atoms with Crippen molar-refractivity contribution >= 4 is 38.9 Å². The molecule has 2 heterocycles. The highest BCUT2D eigenvalue weighted by Crippen LogP contribution is 2.32. The van der Waals surface area contributed by atoms with Crippen molar-refractivity contribution in [3.63, 3.8) is 0 Å². The molecule has 1 aromatic heterocycles. The zero-order chi connectivity index (χ0) is 21.3. The Hall–Kier alpha value is -2.97. The van der Waals surface area contributed by atoms with E-state index in [9.17, 15) is 13.2 Å². The van der Waals surface area contributed by atoms with Crippen molar-refractivity contribution in [2.45, 2.75) is 30.6 Å². The Kier molecular flexibility index (Phi) is 5.44. The standard InChI is InChI=1S/C21H18ClN3O4S/c1-13-3-2-4-14(11-13)16(21-23-9-10-29-21)6-8-18(26)20-24-17-7-5-15(22)12-19(17)30(27,28)25-20/h2-5,7,9-12,16H,6,8H2,1H3,(H,24,25). The molecular formula is C21H18ClN3O4S. The molecule has 9 heteroatoms. The number of aryl methyl sites for hydroxylation is 1. The van der Waals surface area contributed by atoms with Gasteiger partial charge in [0, 0.05) is 11.4 Å². The second-order valence-corrected chi connectivity index (χ2v) is 8.99. The molecule has 0 radical (unpaired) electrons. The van der Waals surface area contributed by atoms with Gasteiger partial charge in [-0.2, -0.15) is 8.42 Å². The number of Topliss-reactive ketones (excluding diaryl/α,β-unsaturated/α-hetero) is 1. The predicted molar refractivity (Wildman–Crippen MR) is 113 cm³/mol. The number of carbonyl (C=O) groups is 1. The average molecular weight is 444 g/mol. The molecule has 0 saturated heterocycles. The molecule has 3 aromatic rings. The minimum Gasteiger partial charge on any atom is -0.448 e. The Morgan fingerprint density at radius 2 is 2.07 bits per heavy atom. The molecule has 2 aromatic carbocycles. The van der Waals surface area contributed by atoms with Crippen molar-refractivity contribution in [1.82, 2.24) is 4.98 Å². The van der Waals surface area contributed by atoms with E-state index in [1.165, 1.54) is 18.4 Å². The van der Waals surface area contributed by atoms with Crippen LogP contribution >= 0.6 is 11.6 Å². The van der Waals surface area contributed by atoms with E-state index in [0.717, 1.165) is 11.1 Å². The van der Waals surface area contributed by atoms with Crippen molar-refractivity contribution in [3.05, 3.63) is 77.0 Å². The van der Waals surface area contributed by atoms with Gasteiger partial charge in [-0.25, -0.2) is 4.98 Å². The molecule has 1 unspecified atom stereocenters. The van der Waals surface area contributed by atoms with Crippen LogP contribution in [0.15, 0.2) is 68.6 Å². The van der Waals surface area contributed by atoms with Crippen LogP contribution in [0.2, 0.25) is 5.02 Å². The predicted octanol–water partition coefficient (Wildman–Crippen LogP) is 4.33. The number of carbonyl (C=O) groups excluding carboxylic acids is 1. The molecule has 154 valence electrons. The Labute approximate surface area is 178 Å². The number of rotatable bonds is 6. The largest absolute Gasteiger partial charge is 0.448 e. The van der Waals surface area contributed by atoms with E-state index in [1.54, 1.807) is 12.3 Å². The summed E-state index contributed by atoms with van der Waals surface area (Å²) in [5.74, 6) is -0.362. The molecule has 4 rings (SSSR count). The monoisotopic (exact) mass is 443 g/mol. The zero-order valence-corrected chi connectivity index (χ0v) is 17.6. The molecule has 0 fully saturated rings. The lowest BCUT2D eigenvalue weighted by Crippen LogP contribution is -2.29. The van der Waals surface area contributed by atoms with E-state index in [0.29, 0.717) is 12.3 Å². The zero-order valence-electron chi connectivity index (χ0n) is 16.0. The average Bonchev–Trinajstić information content (AvgIpc) is 3.22. The maximum Gasteiger partial charge on any atom is 0.286 e. The lowest BCUT2D eigenvalue weighted by molar-refractivity contribution is -0.113. The lowest BCUT2D eigenvalue weighted by Gasteiger charge is -2.18. The number of nitrogens with zero attached hydrogens (tertiary/aromatic N) is 2. The molecule has 1 N–H and O–H groups in total. The van der Waals surface area contributed by atoms with Crippen LogP contribution in [-0.2, 0) is 14.8 Å². The highest BCUT2D eigenvalue weighted by molar-refractivity contribution is 7.90. The van der Waals surface area contributed by atoms with Gasteiger partial charge < -0.3 is 9.73 Å². The number of aromatic nitrogens is 1. The third kappa shape index (κ3) is 4.15. The van der Waals surface area contributed by atoms with Gasteiger partial charge in [-0.3, -0.25) is 4.79 Å². The van der Waals surface area contributed by atoms with Crippen LogP contribution in [-0.4, -0.2) is 25.0 Å². The Morgan fingerprint density at radius 1 is 1.23 bits per heavy atom. The Bertz CT molecular complexity index is 1240. The molecule has 0 amide bonds. The van der Waals surface area contributed by atoms with Crippen molar-refractivity contribution < 1.29 is 17.6 Å². The highest BCUT2D eigenvalue weighted by Gasteiger charge is 2.29. The summed E-state index contributed by atoms with van der Waals surface area (Å²) in [7, 11) is -4.01. The smallest absolute Gasteiger partial charge is 0.286 e. The Balaban J connectivity index is 1.56. The van der Waals surface area contributed by atoms with Gasteiger partial charge in [0.2, 0.25) is 5.89 Å². The van der Waals surface area contributed by atoms with Crippen molar-refractivity contribution in [2.24, 2.45) is 4.40 Å². The number of nitrogens with one attached hydrogen (secondary N) is 1. The van der Waals surface area contributed by atoms with Crippen LogP contribution < -0.4 is 5.32 Å². The van der Waals surface area contributed by atoms with Gasteiger partial charge in [0.05, 0.1) is 17.8 Å². The third-order valence-corrected chi connectivity index (χ3v) is 6.36. The molecule has 7 nitrogen and oxygen atoms in total. The number of amidine groups is 1. The van der Waals surface area contributed by atoms with Crippen molar-refractivity contribution in [3.8, 4) is 0 Å². The fourth-order valence-electron chi connectivity index (χ4n) is 3.37. The summed E-state index contributed by atoms with van der Waals surface area (Å²) in [5, 5.41) is 3.08. The summed E-state index contributed by atoms with van der Waals surface area (Å²) in [6.45, 7) is 1.98. The molecule has 0 bridgehead atoms. The molecule has 0 aliphatic carbocycles. The number of ketones is 1. The molecule has 1 aliphatic heterocycles. The van der Waals surface area contributed by atoms with E-state index < -0.39 is 15.8 Å². The first kappa shape index (κ1) is 20.3. The summed E-state index contributed by atoms with van der Waals surface area (Å²) in [6.07, 6.45) is 3.49. The molecular weight excluding hydrogens is 426 g/mol. The number of oxazole rings is 1. The van der Waals surface area contributed by atoms with Crippen LogP contribution in [0.25, 0.3) is 0 Å². The Morgan fingerprint density at radius 3 is 2.80 bits per heavy atom. The minimum absolute atomic E-state index is 0.0519. The fourth-order valence-corrected chi connectivity index (χ4v) is 4.77. The van der Waals surface area contributed by atoms with Gasteiger partial charge in [0.15, 0.2) is 11.6 Å². The second-order valence-electron chi connectivity index (χ2n) is 6.98. The quantitative estimate of drug-likeness (QED) is 0.608. The SMILES string of the molecule is Cc1cccc(C(CCC(=O)C2=NS(=O)(=O)c3cc(Cl)ccc3N2)c2ncco2)c1.